The zero-order chi connectivity index (χ0) is 16.8. The number of nitrogens with one attached hydrogen (secondary N) is 1. The van der Waals surface area contributed by atoms with Gasteiger partial charge < -0.3 is 15.1 Å². The molecule has 0 spiro atoms. The van der Waals surface area contributed by atoms with Gasteiger partial charge in [-0.2, -0.15) is 0 Å². The number of halogens is 1. The number of amides is 2. The van der Waals surface area contributed by atoms with Crippen molar-refractivity contribution in [3.8, 4) is 0 Å². The van der Waals surface area contributed by atoms with Crippen LogP contribution < -0.4 is 10.2 Å². The summed E-state index contributed by atoms with van der Waals surface area (Å²) >= 11 is 0. The first-order valence-electron chi connectivity index (χ1n) is 8.00. The number of hydrogen-bond donors (Lipinski definition) is 1. The van der Waals surface area contributed by atoms with E-state index in [0.29, 0.717) is 18.7 Å². The number of hydrogen-bond acceptors (Lipinski definition) is 2. The maximum atomic E-state index is 13.1. The molecule has 4 nitrogen and oxygen atoms in total. The Balaban J connectivity index is 1.49. The number of benzene rings is 2. The molecule has 2 aromatic rings. The molecule has 0 bridgehead atoms. The van der Waals surface area contributed by atoms with E-state index in [4.69, 9.17) is 0 Å². The van der Waals surface area contributed by atoms with Crippen LogP contribution in [0.15, 0.2) is 60.8 Å². The fraction of sp³-hybridized carbons (Fsp3) is 0.211. The second-order valence-electron chi connectivity index (χ2n) is 5.65. The minimum absolute atomic E-state index is 0.129. The minimum Gasteiger partial charge on any atom is -0.368 e. The summed E-state index contributed by atoms with van der Waals surface area (Å²) < 4.78 is 13.1. The quantitative estimate of drug-likeness (QED) is 0.939. The first-order valence-corrected chi connectivity index (χ1v) is 8.00. The van der Waals surface area contributed by atoms with Gasteiger partial charge in [-0.05, 0) is 35.9 Å². The van der Waals surface area contributed by atoms with Crippen molar-refractivity contribution >= 4 is 17.8 Å². The highest BCUT2D eigenvalue weighted by molar-refractivity contribution is 5.76. The van der Waals surface area contributed by atoms with Gasteiger partial charge in [-0.3, -0.25) is 0 Å². The second kappa shape index (κ2) is 7.64. The van der Waals surface area contributed by atoms with E-state index in [-0.39, 0.29) is 11.8 Å². The molecule has 1 aliphatic rings. The molecule has 24 heavy (non-hydrogen) atoms. The van der Waals surface area contributed by atoms with Crippen molar-refractivity contribution in [2.75, 3.05) is 31.1 Å². The first kappa shape index (κ1) is 16.1. The van der Waals surface area contributed by atoms with Gasteiger partial charge in [0.1, 0.15) is 5.82 Å². The maximum absolute atomic E-state index is 13.1. The summed E-state index contributed by atoms with van der Waals surface area (Å²) in [5.41, 5.74) is 1.90. The van der Waals surface area contributed by atoms with Crippen molar-refractivity contribution in [1.29, 1.82) is 0 Å². The summed E-state index contributed by atoms with van der Waals surface area (Å²) in [6.45, 7) is 2.97. The molecule has 0 aliphatic carbocycles. The predicted octanol–water partition coefficient (Wildman–Crippen LogP) is 3.33. The van der Waals surface area contributed by atoms with Gasteiger partial charge in [0.25, 0.3) is 0 Å². The van der Waals surface area contributed by atoms with Crippen LogP contribution in [0.5, 0.6) is 0 Å². The van der Waals surface area contributed by atoms with Gasteiger partial charge >= 0.3 is 6.03 Å². The molecule has 3 rings (SSSR count). The molecule has 0 unspecified atom stereocenters. The third-order valence-electron chi connectivity index (χ3n) is 4.02. The van der Waals surface area contributed by atoms with Gasteiger partial charge in [0.2, 0.25) is 0 Å². The lowest BCUT2D eigenvalue weighted by Crippen LogP contribution is -2.51. The fourth-order valence-corrected chi connectivity index (χ4v) is 2.72. The summed E-state index contributed by atoms with van der Waals surface area (Å²) in [5.74, 6) is -0.291. The monoisotopic (exact) mass is 325 g/mol. The summed E-state index contributed by atoms with van der Waals surface area (Å²) in [4.78, 5) is 16.2. The average molecular weight is 325 g/mol. The van der Waals surface area contributed by atoms with Gasteiger partial charge in [-0.25, -0.2) is 9.18 Å². The molecule has 5 heteroatoms. The third-order valence-corrected chi connectivity index (χ3v) is 4.02. The van der Waals surface area contributed by atoms with Gasteiger partial charge in [0.15, 0.2) is 0 Å². The topological polar surface area (TPSA) is 35.6 Å². The number of carbonyl (C=O) groups excluding carboxylic acids is 1. The molecule has 1 aliphatic heterocycles. The van der Waals surface area contributed by atoms with E-state index < -0.39 is 0 Å². The summed E-state index contributed by atoms with van der Waals surface area (Å²) in [6.07, 6.45) is 3.24. The standard InChI is InChI=1S/C19H20FN3O/c20-17-6-4-5-16(15-17)9-10-21-19(24)23-13-11-22(12-14-23)18-7-2-1-3-8-18/h1-10,15H,11-14H2,(H,21,24)/b10-9+. The predicted molar refractivity (Wildman–Crippen MR) is 94.2 cm³/mol. The van der Waals surface area contributed by atoms with Crippen molar-refractivity contribution < 1.29 is 9.18 Å². The minimum atomic E-state index is -0.291. The molecule has 124 valence electrons. The molecule has 1 N–H and O–H groups in total. The summed E-state index contributed by atoms with van der Waals surface area (Å²) in [6, 6.07) is 16.3. The first-order chi connectivity index (χ1) is 11.7. The Kier molecular flexibility index (Phi) is 5.11. The Morgan fingerprint density at radius 2 is 1.75 bits per heavy atom. The zero-order valence-corrected chi connectivity index (χ0v) is 13.4. The third kappa shape index (κ3) is 4.13. The Labute approximate surface area is 141 Å². The van der Waals surface area contributed by atoms with Crippen LogP contribution in [0.3, 0.4) is 0 Å². The Morgan fingerprint density at radius 3 is 2.46 bits per heavy atom. The number of rotatable bonds is 3. The van der Waals surface area contributed by atoms with E-state index in [1.165, 1.54) is 17.8 Å². The number of piperazine rings is 1. The summed E-state index contributed by atoms with van der Waals surface area (Å²) in [7, 11) is 0. The SMILES string of the molecule is O=C(N/C=C/c1cccc(F)c1)N1CCN(c2ccccc2)CC1. The number of para-hydroxylation sites is 1. The van der Waals surface area contributed by atoms with Crippen molar-refractivity contribution in [3.63, 3.8) is 0 Å². The van der Waals surface area contributed by atoms with Crippen LogP contribution in [-0.4, -0.2) is 37.1 Å². The van der Waals surface area contributed by atoms with Crippen molar-refractivity contribution in [2.24, 2.45) is 0 Å². The number of anilines is 1. The summed E-state index contributed by atoms with van der Waals surface area (Å²) in [5, 5.41) is 2.74. The lowest BCUT2D eigenvalue weighted by molar-refractivity contribution is 0.198. The van der Waals surface area contributed by atoms with Gasteiger partial charge in [-0.1, -0.05) is 30.3 Å². The van der Waals surface area contributed by atoms with Crippen LogP contribution in [0.1, 0.15) is 5.56 Å². The van der Waals surface area contributed by atoms with E-state index >= 15 is 0 Å². The largest absolute Gasteiger partial charge is 0.368 e. The highest BCUT2D eigenvalue weighted by atomic mass is 19.1. The van der Waals surface area contributed by atoms with Crippen molar-refractivity contribution in [2.45, 2.75) is 0 Å². The van der Waals surface area contributed by atoms with Crippen LogP contribution in [-0.2, 0) is 0 Å². The van der Waals surface area contributed by atoms with Crippen LogP contribution in [0, 0.1) is 5.82 Å². The molecule has 0 saturated carbocycles. The molecule has 1 heterocycles. The molecule has 0 atom stereocenters. The van der Waals surface area contributed by atoms with Crippen LogP contribution >= 0.6 is 0 Å². The maximum Gasteiger partial charge on any atom is 0.321 e. The molecular formula is C19H20FN3O. The number of nitrogens with zero attached hydrogens (tertiary/aromatic N) is 2. The van der Waals surface area contributed by atoms with Crippen LogP contribution in [0.4, 0.5) is 14.9 Å². The Morgan fingerprint density at radius 1 is 1.00 bits per heavy atom. The number of urea groups is 1. The van der Waals surface area contributed by atoms with E-state index in [1.54, 1.807) is 29.3 Å². The number of carbonyl (C=O) groups is 1. The van der Waals surface area contributed by atoms with E-state index in [2.05, 4.69) is 22.3 Å². The van der Waals surface area contributed by atoms with E-state index in [9.17, 15) is 9.18 Å². The highest BCUT2D eigenvalue weighted by Gasteiger charge is 2.20. The van der Waals surface area contributed by atoms with Gasteiger partial charge in [-0.15, -0.1) is 0 Å². The lowest BCUT2D eigenvalue weighted by atomic mass is 10.2. The smallest absolute Gasteiger partial charge is 0.321 e. The highest BCUT2D eigenvalue weighted by Crippen LogP contribution is 2.15. The zero-order valence-electron chi connectivity index (χ0n) is 13.4. The lowest BCUT2D eigenvalue weighted by Gasteiger charge is -2.35. The normalized spacial score (nSPS) is 14.9. The molecule has 0 radical (unpaired) electrons. The molecule has 2 aromatic carbocycles. The molecule has 1 saturated heterocycles. The Hall–Kier alpha value is -2.82. The van der Waals surface area contributed by atoms with Gasteiger partial charge in [0.05, 0.1) is 0 Å². The molecular weight excluding hydrogens is 305 g/mol. The van der Waals surface area contributed by atoms with Gasteiger partial charge in [0, 0.05) is 38.1 Å². The fourth-order valence-electron chi connectivity index (χ4n) is 2.72. The van der Waals surface area contributed by atoms with Crippen molar-refractivity contribution in [3.05, 3.63) is 72.2 Å². The van der Waals surface area contributed by atoms with E-state index in [0.717, 1.165) is 13.1 Å². The second-order valence-corrected chi connectivity index (χ2v) is 5.65. The van der Waals surface area contributed by atoms with E-state index in [1.807, 2.05) is 18.2 Å². The Bertz CT molecular complexity index is 710. The molecule has 0 aromatic heterocycles. The van der Waals surface area contributed by atoms with Crippen LogP contribution in [0.25, 0.3) is 6.08 Å². The van der Waals surface area contributed by atoms with Crippen LogP contribution in [0.2, 0.25) is 0 Å². The molecule has 2 amide bonds. The average Bonchev–Trinajstić information content (AvgIpc) is 2.63. The van der Waals surface area contributed by atoms with Crippen molar-refractivity contribution in [1.82, 2.24) is 10.2 Å². The molecule has 1 fully saturated rings.